The molecule has 0 aliphatic heterocycles. The van der Waals surface area contributed by atoms with Crippen LogP contribution in [0.2, 0.25) is 0 Å². The number of aromatic hydroxyl groups is 1. The van der Waals surface area contributed by atoms with E-state index >= 15 is 0 Å². The topological polar surface area (TPSA) is 20.2 Å². The largest absolute Gasteiger partial charge is 0.508 e. The van der Waals surface area contributed by atoms with E-state index in [9.17, 15) is 5.11 Å². The smallest absolute Gasteiger partial charge is 0.119 e. The molecule has 1 aromatic rings. The Kier molecular flexibility index (Phi) is 15.1. The molecule has 0 saturated carbocycles. The SMILES string of the molecule is CCCCCCCCc1c(O)ccc(CCCCCC)c1CCCCCCC. The number of hydrogen-bond acceptors (Lipinski definition) is 1. The van der Waals surface area contributed by atoms with Gasteiger partial charge in [-0.05, 0) is 61.3 Å². The Bertz CT molecular complexity index is 491. The van der Waals surface area contributed by atoms with Crippen molar-refractivity contribution in [2.24, 2.45) is 0 Å². The summed E-state index contributed by atoms with van der Waals surface area (Å²) in [6.07, 6.45) is 23.2. The zero-order chi connectivity index (χ0) is 20.5. The van der Waals surface area contributed by atoms with Crippen molar-refractivity contribution in [3.8, 4) is 5.75 Å². The number of hydrogen-bond donors (Lipinski definition) is 1. The average Bonchev–Trinajstić information content (AvgIpc) is 2.70. The summed E-state index contributed by atoms with van der Waals surface area (Å²) in [6.45, 7) is 6.83. The van der Waals surface area contributed by atoms with Crippen molar-refractivity contribution < 1.29 is 5.11 Å². The zero-order valence-corrected chi connectivity index (χ0v) is 19.3. The summed E-state index contributed by atoms with van der Waals surface area (Å²) in [4.78, 5) is 0. The lowest BCUT2D eigenvalue weighted by atomic mass is 9.89. The Morgan fingerprint density at radius 3 is 1.50 bits per heavy atom. The van der Waals surface area contributed by atoms with Gasteiger partial charge in [-0.1, -0.05) is 104 Å². The highest BCUT2D eigenvalue weighted by molar-refractivity contribution is 5.45. The Labute approximate surface area is 176 Å². The van der Waals surface area contributed by atoms with Crippen LogP contribution < -0.4 is 0 Å². The first-order chi connectivity index (χ1) is 13.7. The van der Waals surface area contributed by atoms with Crippen LogP contribution in [0.25, 0.3) is 0 Å². The van der Waals surface area contributed by atoms with Crippen molar-refractivity contribution in [3.05, 3.63) is 28.8 Å². The van der Waals surface area contributed by atoms with Gasteiger partial charge >= 0.3 is 0 Å². The minimum Gasteiger partial charge on any atom is -0.508 e. The summed E-state index contributed by atoms with van der Waals surface area (Å²) in [7, 11) is 0. The minimum absolute atomic E-state index is 0.550. The minimum atomic E-state index is 0.550. The Morgan fingerprint density at radius 1 is 0.500 bits per heavy atom. The van der Waals surface area contributed by atoms with Crippen molar-refractivity contribution >= 4 is 0 Å². The molecule has 0 fully saturated rings. The van der Waals surface area contributed by atoms with Crippen LogP contribution in [0.5, 0.6) is 5.75 Å². The molecule has 0 bridgehead atoms. The van der Waals surface area contributed by atoms with E-state index in [1.807, 2.05) is 6.07 Å². The van der Waals surface area contributed by atoms with Gasteiger partial charge in [0, 0.05) is 0 Å². The van der Waals surface area contributed by atoms with E-state index in [1.165, 1.54) is 119 Å². The standard InChI is InChI=1S/C27H48O/c1-4-7-10-13-15-18-21-26-25(20-17-14-11-8-5-2)24(22-23-27(26)28)19-16-12-9-6-3/h22-23,28H,4-21H2,1-3H3. The highest BCUT2D eigenvalue weighted by Crippen LogP contribution is 2.30. The van der Waals surface area contributed by atoms with E-state index in [0.717, 1.165) is 12.8 Å². The lowest BCUT2D eigenvalue weighted by Gasteiger charge is -2.17. The van der Waals surface area contributed by atoms with E-state index in [2.05, 4.69) is 26.8 Å². The summed E-state index contributed by atoms with van der Waals surface area (Å²) in [5.41, 5.74) is 4.30. The van der Waals surface area contributed by atoms with Crippen molar-refractivity contribution in [1.82, 2.24) is 0 Å². The molecule has 0 amide bonds. The maximum absolute atomic E-state index is 10.6. The highest BCUT2D eigenvalue weighted by atomic mass is 16.3. The van der Waals surface area contributed by atoms with Crippen LogP contribution in [0.15, 0.2) is 12.1 Å². The molecule has 1 nitrogen and oxygen atoms in total. The second-order valence-electron chi connectivity index (χ2n) is 8.69. The first-order valence-corrected chi connectivity index (χ1v) is 12.6. The van der Waals surface area contributed by atoms with Gasteiger partial charge in [-0.25, -0.2) is 0 Å². The fraction of sp³-hybridized carbons (Fsp3) is 0.778. The van der Waals surface area contributed by atoms with Gasteiger partial charge in [-0.3, -0.25) is 0 Å². The molecular formula is C27H48O. The van der Waals surface area contributed by atoms with Crippen LogP contribution in [-0.2, 0) is 19.3 Å². The summed E-state index contributed by atoms with van der Waals surface area (Å²) >= 11 is 0. The van der Waals surface area contributed by atoms with Crippen LogP contribution >= 0.6 is 0 Å². The van der Waals surface area contributed by atoms with E-state index in [4.69, 9.17) is 0 Å². The predicted molar refractivity (Wildman–Crippen MR) is 125 cm³/mol. The first kappa shape index (κ1) is 25.1. The quantitative estimate of drug-likeness (QED) is 0.249. The molecule has 1 rings (SSSR count). The lowest BCUT2D eigenvalue weighted by molar-refractivity contribution is 0.463. The van der Waals surface area contributed by atoms with Gasteiger partial charge in [-0.2, -0.15) is 0 Å². The Hall–Kier alpha value is -0.980. The summed E-state index contributed by atoms with van der Waals surface area (Å²) < 4.78 is 0. The number of rotatable bonds is 18. The second-order valence-corrected chi connectivity index (χ2v) is 8.69. The molecule has 0 saturated heterocycles. The Balaban J connectivity index is 2.71. The Morgan fingerprint density at radius 2 is 0.929 bits per heavy atom. The predicted octanol–water partition coefficient (Wildman–Crippen LogP) is 8.93. The van der Waals surface area contributed by atoms with Crippen molar-refractivity contribution in [3.63, 3.8) is 0 Å². The van der Waals surface area contributed by atoms with Crippen LogP contribution in [0, 0.1) is 0 Å². The third-order valence-corrected chi connectivity index (χ3v) is 6.11. The van der Waals surface area contributed by atoms with Gasteiger partial charge in [-0.15, -0.1) is 0 Å². The van der Waals surface area contributed by atoms with Crippen molar-refractivity contribution in [2.75, 3.05) is 0 Å². The van der Waals surface area contributed by atoms with Crippen LogP contribution in [0.1, 0.15) is 134 Å². The number of aryl methyl sites for hydroxylation is 1. The number of phenolic OH excluding ortho intramolecular Hbond substituents is 1. The van der Waals surface area contributed by atoms with Gasteiger partial charge in [0.25, 0.3) is 0 Å². The second kappa shape index (κ2) is 16.9. The molecule has 0 unspecified atom stereocenters. The van der Waals surface area contributed by atoms with Gasteiger partial charge in [0.2, 0.25) is 0 Å². The van der Waals surface area contributed by atoms with Crippen LogP contribution in [0.4, 0.5) is 0 Å². The molecule has 1 heteroatoms. The molecule has 1 aromatic carbocycles. The van der Waals surface area contributed by atoms with Crippen molar-refractivity contribution in [2.45, 2.75) is 136 Å². The molecular weight excluding hydrogens is 340 g/mol. The van der Waals surface area contributed by atoms with E-state index in [0.29, 0.717) is 5.75 Å². The average molecular weight is 389 g/mol. The molecule has 0 aromatic heterocycles. The molecule has 0 aliphatic carbocycles. The third kappa shape index (κ3) is 10.5. The molecule has 0 radical (unpaired) electrons. The number of benzene rings is 1. The number of unbranched alkanes of at least 4 members (excludes halogenated alkanes) is 12. The van der Waals surface area contributed by atoms with Crippen LogP contribution in [0.3, 0.4) is 0 Å². The summed E-state index contributed by atoms with van der Waals surface area (Å²) in [5, 5.41) is 10.6. The zero-order valence-electron chi connectivity index (χ0n) is 19.3. The van der Waals surface area contributed by atoms with Crippen LogP contribution in [-0.4, -0.2) is 5.11 Å². The molecule has 0 heterocycles. The van der Waals surface area contributed by atoms with Crippen molar-refractivity contribution in [1.29, 1.82) is 0 Å². The fourth-order valence-electron chi connectivity index (χ4n) is 4.28. The molecule has 0 aliphatic rings. The van der Waals surface area contributed by atoms with Gasteiger partial charge in [0.15, 0.2) is 0 Å². The monoisotopic (exact) mass is 388 g/mol. The fourth-order valence-corrected chi connectivity index (χ4v) is 4.28. The summed E-state index contributed by atoms with van der Waals surface area (Å²) in [6, 6.07) is 4.19. The molecule has 1 N–H and O–H groups in total. The van der Waals surface area contributed by atoms with Gasteiger partial charge in [0.05, 0.1) is 0 Å². The molecule has 162 valence electrons. The van der Waals surface area contributed by atoms with E-state index < -0.39 is 0 Å². The maximum Gasteiger partial charge on any atom is 0.119 e. The summed E-state index contributed by atoms with van der Waals surface area (Å²) in [5.74, 6) is 0.550. The third-order valence-electron chi connectivity index (χ3n) is 6.11. The normalized spacial score (nSPS) is 11.2. The first-order valence-electron chi connectivity index (χ1n) is 12.6. The number of phenols is 1. The molecule has 28 heavy (non-hydrogen) atoms. The molecule has 0 spiro atoms. The maximum atomic E-state index is 10.6. The van der Waals surface area contributed by atoms with E-state index in [1.54, 1.807) is 0 Å². The van der Waals surface area contributed by atoms with Gasteiger partial charge < -0.3 is 5.11 Å². The molecule has 0 atom stereocenters. The van der Waals surface area contributed by atoms with Gasteiger partial charge in [0.1, 0.15) is 5.75 Å². The lowest BCUT2D eigenvalue weighted by Crippen LogP contribution is -2.03. The highest BCUT2D eigenvalue weighted by Gasteiger charge is 2.13. The van der Waals surface area contributed by atoms with E-state index in [-0.39, 0.29) is 0 Å².